The number of nitrogens with one attached hydrogen (secondary N) is 1. The number of hydrogen-bond donors (Lipinski definition) is 2. The Bertz CT molecular complexity index is 639. The second-order valence-electron chi connectivity index (χ2n) is 4.11. The Morgan fingerprint density at radius 2 is 2.10 bits per heavy atom. The average molecular weight is 292 g/mol. The highest BCUT2D eigenvalue weighted by atomic mass is 32.1. The van der Waals surface area contributed by atoms with Crippen LogP contribution in [0.2, 0.25) is 0 Å². The van der Waals surface area contributed by atoms with Crippen LogP contribution >= 0.6 is 12.2 Å². The van der Waals surface area contributed by atoms with Crippen LogP contribution in [0.4, 0.5) is 0 Å². The molecule has 0 aliphatic carbocycles. The van der Waals surface area contributed by atoms with Gasteiger partial charge in [-0.05, 0) is 36.0 Å². The predicted octanol–water partition coefficient (Wildman–Crippen LogP) is 0.657. The van der Waals surface area contributed by atoms with Gasteiger partial charge in [-0.2, -0.15) is 0 Å². The fourth-order valence-electron chi connectivity index (χ4n) is 1.71. The summed E-state index contributed by atoms with van der Waals surface area (Å²) in [7, 11) is 2.91. The summed E-state index contributed by atoms with van der Waals surface area (Å²) in [5, 5.41) is 12.1. The number of ether oxygens (including phenoxy) is 1. The Kier molecular flexibility index (Phi) is 3.71. The third-order valence-corrected chi connectivity index (χ3v) is 3.19. The van der Waals surface area contributed by atoms with Crippen LogP contribution in [-0.4, -0.2) is 41.1 Å². The quantitative estimate of drug-likeness (QED) is 0.475. The first-order chi connectivity index (χ1) is 9.43. The molecule has 0 bridgehead atoms. The van der Waals surface area contributed by atoms with Crippen molar-refractivity contribution in [3.63, 3.8) is 0 Å². The van der Waals surface area contributed by atoms with Gasteiger partial charge in [-0.3, -0.25) is 19.8 Å². The van der Waals surface area contributed by atoms with Crippen LogP contribution in [0.25, 0.3) is 6.08 Å². The molecule has 0 saturated carbocycles. The lowest BCUT2D eigenvalue weighted by atomic mass is 10.1. The Balaban J connectivity index is 2.39. The number of amides is 2. The number of rotatable bonds is 2. The van der Waals surface area contributed by atoms with E-state index in [0.29, 0.717) is 11.3 Å². The third kappa shape index (κ3) is 2.48. The summed E-state index contributed by atoms with van der Waals surface area (Å²) in [6.07, 6.45) is 1.38. The summed E-state index contributed by atoms with van der Waals surface area (Å²) >= 11 is 4.84. The van der Waals surface area contributed by atoms with Crippen LogP contribution in [0.5, 0.6) is 11.5 Å². The van der Waals surface area contributed by atoms with Gasteiger partial charge in [0.2, 0.25) is 0 Å². The molecule has 104 valence electrons. The van der Waals surface area contributed by atoms with Gasteiger partial charge in [0.05, 0.1) is 7.11 Å². The van der Waals surface area contributed by atoms with Crippen LogP contribution in [0.15, 0.2) is 23.8 Å². The zero-order valence-corrected chi connectivity index (χ0v) is 11.7. The van der Waals surface area contributed by atoms with Gasteiger partial charge in [0.25, 0.3) is 11.8 Å². The molecule has 2 rings (SSSR count). The number of likely N-dealkylation sites (N-methyl/N-ethyl adjacent to an activating group) is 1. The molecule has 1 fully saturated rings. The number of benzene rings is 1. The van der Waals surface area contributed by atoms with E-state index in [0.717, 1.165) is 0 Å². The minimum atomic E-state index is -0.562. The van der Waals surface area contributed by atoms with Gasteiger partial charge >= 0.3 is 0 Å². The van der Waals surface area contributed by atoms with E-state index in [1.54, 1.807) is 12.1 Å². The molecule has 1 aliphatic heterocycles. The van der Waals surface area contributed by atoms with Crippen LogP contribution < -0.4 is 10.1 Å². The van der Waals surface area contributed by atoms with E-state index in [1.165, 1.54) is 31.2 Å². The van der Waals surface area contributed by atoms with Crippen molar-refractivity contribution in [3.8, 4) is 11.5 Å². The van der Waals surface area contributed by atoms with Crippen molar-refractivity contribution < 1.29 is 19.4 Å². The largest absolute Gasteiger partial charge is 0.504 e. The number of methoxy groups -OCH3 is 1. The van der Waals surface area contributed by atoms with Gasteiger partial charge in [-0.1, -0.05) is 6.07 Å². The van der Waals surface area contributed by atoms with Crippen molar-refractivity contribution in [1.82, 2.24) is 10.2 Å². The predicted molar refractivity (Wildman–Crippen MR) is 76.1 cm³/mol. The van der Waals surface area contributed by atoms with Crippen LogP contribution in [0, 0.1) is 0 Å². The van der Waals surface area contributed by atoms with Gasteiger partial charge in [0.1, 0.15) is 5.57 Å². The Hall–Kier alpha value is -2.41. The molecule has 2 amide bonds. The van der Waals surface area contributed by atoms with E-state index in [9.17, 15) is 14.7 Å². The van der Waals surface area contributed by atoms with Crippen LogP contribution in [0.1, 0.15) is 5.56 Å². The van der Waals surface area contributed by atoms with E-state index in [1.807, 2.05) is 0 Å². The zero-order chi connectivity index (χ0) is 14.9. The normalized spacial score (nSPS) is 17.4. The first-order valence-corrected chi connectivity index (χ1v) is 6.07. The van der Waals surface area contributed by atoms with Crippen molar-refractivity contribution in [2.24, 2.45) is 0 Å². The summed E-state index contributed by atoms with van der Waals surface area (Å²) in [6, 6.07) is 4.57. The van der Waals surface area contributed by atoms with E-state index in [-0.39, 0.29) is 16.4 Å². The first-order valence-electron chi connectivity index (χ1n) is 5.66. The molecule has 6 nitrogen and oxygen atoms in total. The summed E-state index contributed by atoms with van der Waals surface area (Å²) < 4.78 is 4.92. The second kappa shape index (κ2) is 5.30. The zero-order valence-electron chi connectivity index (χ0n) is 10.8. The number of carbonyl (C=O) groups excluding carboxylic acids is 2. The van der Waals surface area contributed by atoms with Crippen LogP contribution in [-0.2, 0) is 9.59 Å². The van der Waals surface area contributed by atoms with Gasteiger partial charge < -0.3 is 9.84 Å². The molecule has 1 heterocycles. The number of hydrogen-bond acceptors (Lipinski definition) is 5. The lowest BCUT2D eigenvalue weighted by Gasteiger charge is -2.25. The fourth-order valence-corrected chi connectivity index (χ4v) is 1.88. The standard InChI is InChI=1S/C13H12N2O4S/c1-15-12(18)8(11(17)14-13(15)20)5-7-3-4-10(19-2)9(16)6-7/h3-6,16H,1-2H3,(H,14,17,20)/b8-5+. The number of phenolic OH excluding ortho intramolecular Hbond substituents is 1. The van der Waals surface area contributed by atoms with Gasteiger partial charge in [0, 0.05) is 7.05 Å². The topological polar surface area (TPSA) is 78.9 Å². The summed E-state index contributed by atoms with van der Waals surface area (Å²) in [5.41, 5.74) is 0.452. The van der Waals surface area contributed by atoms with E-state index < -0.39 is 11.8 Å². The molecule has 1 saturated heterocycles. The molecule has 1 aromatic carbocycles. The molecular weight excluding hydrogens is 280 g/mol. The number of phenols is 1. The second-order valence-corrected chi connectivity index (χ2v) is 4.50. The van der Waals surface area contributed by atoms with E-state index >= 15 is 0 Å². The Morgan fingerprint density at radius 1 is 1.40 bits per heavy atom. The van der Waals surface area contributed by atoms with Crippen LogP contribution in [0.3, 0.4) is 0 Å². The maximum absolute atomic E-state index is 12.0. The fraction of sp³-hybridized carbons (Fsp3) is 0.154. The van der Waals surface area contributed by atoms with Gasteiger partial charge in [0.15, 0.2) is 16.6 Å². The molecule has 0 radical (unpaired) electrons. The van der Waals surface area contributed by atoms with Crippen molar-refractivity contribution in [3.05, 3.63) is 29.3 Å². The smallest absolute Gasteiger partial charge is 0.265 e. The molecule has 0 unspecified atom stereocenters. The molecular formula is C13H12N2O4S. The minimum absolute atomic E-state index is 0.0503. The molecule has 1 aromatic rings. The lowest BCUT2D eigenvalue weighted by molar-refractivity contribution is -0.128. The lowest BCUT2D eigenvalue weighted by Crippen LogP contribution is -2.52. The Labute approximate surface area is 120 Å². The number of thiocarbonyl (C=S) groups is 1. The highest BCUT2D eigenvalue weighted by Gasteiger charge is 2.30. The highest BCUT2D eigenvalue weighted by Crippen LogP contribution is 2.27. The number of nitrogens with zero attached hydrogens (tertiary/aromatic N) is 1. The van der Waals surface area contributed by atoms with Crippen molar-refractivity contribution in [1.29, 1.82) is 0 Å². The van der Waals surface area contributed by atoms with Gasteiger partial charge in [-0.15, -0.1) is 0 Å². The average Bonchev–Trinajstić information content (AvgIpc) is 2.41. The minimum Gasteiger partial charge on any atom is -0.504 e. The van der Waals surface area contributed by atoms with E-state index in [4.69, 9.17) is 17.0 Å². The maximum atomic E-state index is 12.0. The molecule has 7 heteroatoms. The summed E-state index contributed by atoms with van der Waals surface area (Å²) in [6.45, 7) is 0. The maximum Gasteiger partial charge on any atom is 0.265 e. The number of carbonyl (C=O) groups is 2. The Morgan fingerprint density at radius 3 is 2.70 bits per heavy atom. The summed E-state index contributed by atoms with van der Waals surface area (Å²) in [4.78, 5) is 24.9. The molecule has 20 heavy (non-hydrogen) atoms. The number of aromatic hydroxyl groups is 1. The van der Waals surface area contributed by atoms with Crippen molar-refractivity contribution in [2.75, 3.05) is 14.2 Å². The third-order valence-electron chi connectivity index (χ3n) is 2.82. The highest BCUT2D eigenvalue weighted by molar-refractivity contribution is 7.80. The molecule has 0 atom stereocenters. The molecule has 2 N–H and O–H groups in total. The van der Waals surface area contributed by atoms with E-state index in [2.05, 4.69) is 5.32 Å². The monoisotopic (exact) mass is 292 g/mol. The summed E-state index contributed by atoms with van der Waals surface area (Å²) in [5.74, 6) is -0.818. The van der Waals surface area contributed by atoms with Crippen molar-refractivity contribution in [2.45, 2.75) is 0 Å². The molecule has 0 aromatic heterocycles. The SMILES string of the molecule is COc1ccc(/C=C2\C(=O)NC(=S)N(C)C2=O)cc1O. The first kappa shape index (κ1) is 14.0. The van der Waals surface area contributed by atoms with Gasteiger partial charge in [-0.25, -0.2) is 0 Å². The molecule has 0 spiro atoms. The van der Waals surface area contributed by atoms with Crippen molar-refractivity contribution >= 4 is 35.2 Å². The molecule has 1 aliphatic rings.